The first kappa shape index (κ1) is 11.9. The zero-order valence-corrected chi connectivity index (χ0v) is 10.1. The van der Waals surface area contributed by atoms with E-state index in [-0.39, 0.29) is 18.4 Å². The van der Waals surface area contributed by atoms with Gasteiger partial charge in [0.05, 0.1) is 10.6 Å². The maximum Gasteiger partial charge on any atom is 0.257 e. The molecule has 5 nitrogen and oxygen atoms in total. The molecule has 0 radical (unpaired) electrons. The standard InChI is InChI=1S/C11H12ClN3O2/c1-14-4-5-15(7-10(14)16)11(17)8-6-13-3-2-9(8)12/h2-3,6H,4-5,7H2,1H3. The first-order valence-electron chi connectivity index (χ1n) is 5.22. The third kappa shape index (κ3) is 2.39. The predicted molar refractivity (Wildman–Crippen MR) is 62.8 cm³/mol. The summed E-state index contributed by atoms with van der Waals surface area (Å²) in [5, 5.41) is 0.358. The van der Waals surface area contributed by atoms with E-state index in [1.54, 1.807) is 18.0 Å². The van der Waals surface area contributed by atoms with Gasteiger partial charge >= 0.3 is 0 Å². The van der Waals surface area contributed by atoms with Crippen molar-refractivity contribution in [2.24, 2.45) is 0 Å². The molecule has 17 heavy (non-hydrogen) atoms. The summed E-state index contributed by atoms with van der Waals surface area (Å²) in [6.07, 6.45) is 2.95. The normalized spacial score (nSPS) is 16.2. The Morgan fingerprint density at radius 2 is 2.24 bits per heavy atom. The molecule has 0 N–H and O–H groups in total. The molecule has 0 unspecified atom stereocenters. The van der Waals surface area contributed by atoms with E-state index in [0.717, 1.165) is 0 Å². The van der Waals surface area contributed by atoms with Gasteiger partial charge < -0.3 is 9.80 Å². The number of amides is 2. The Morgan fingerprint density at radius 3 is 2.88 bits per heavy atom. The van der Waals surface area contributed by atoms with Gasteiger partial charge in [-0.1, -0.05) is 11.6 Å². The highest BCUT2D eigenvalue weighted by Crippen LogP contribution is 2.16. The Kier molecular flexibility index (Phi) is 3.28. The van der Waals surface area contributed by atoms with E-state index in [2.05, 4.69) is 4.98 Å². The first-order valence-corrected chi connectivity index (χ1v) is 5.60. The summed E-state index contributed by atoms with van der Waals surface area (Å²) in [7, 11) is 1.72. The number of carbonyl (C=O) groups excluding carboxylic acids is 2. The molecule has 0 aliphatic carbocycles. The zero-order chi connectivity index (χ0) is 12.4. The quantitative estimate of drug-likeness (QED) is 0.738. The van der Waals surface area contributed by atoms with Crippen LogP contribution in [0.4, 0.5) is 0 Å². The fourth-order valence-electron chi connectivity index (χ4n) is 1.64. The molecule has 1 aromatic rings. The van der Waals surface area contributed by atoms with Crippen molar-refractivity contribution < 1.29 is 9.59 Å². The Bertz CT molecular complexity index is 464. The second-order valence-electron chi connectivity index (χ2n) is 3.90. The molecule has 2 amide bonds. The van der Waals surface area contributed by atoms with E-state index in [4.69, 9.17) is 11.6 Å². The van der Waals surface area contributed by atoms with Gasteiger partial charge in [-0.15, -0.1) is 0 Å². The number of pyridine rings is 1. The van der Waals surface area contributed by atoms with Crippen LogP contribution in [-0.4, -0.2) is 53.3 Å². The largest absolute Gasteiger partial charge is 0.342 e. The number of piperazine rings is 1. The van der Waals surface area contributed by atoms with Crippen LogP contribution in [0.3, 0.4) is 0 Å². The maximum atomic E-state index is 12.1. The van der Waals surface area contributed by atoms with Gasteiger partial charge in [0.2, 0.25) is 5.91 Å². The van der Waals surface area contributed by atoms with Gasteiger partial charge in [-0.3, -0.25) is 14.6 Å². The third-order valence-corrected chi connectivity index (χ3v) is 3.07. The molecule has 0 atom stereocenters. The lowest BCUT2D eigenvalue weighted by Crippen LogP contribution is -2.50. The minimum atomic E-state index is -0.246. The van der Waals surface area contributed by atoms with Crippen LogP contribution >= 0.6 is 11.6 Å². The average Bonchev–Trinajstić information content (AvgIpc) is 2.32. The number of hydrogen-bond acceptors (Lipinski definition) is 3. The van der Waals surface area contributed by atoms with Crippen LogP contribution in [0.25, 0.3) is 0 Å². The van der Waals surface area contributed by atoms with Crippen LogP contribution in [0.1, 0.15) is 10.4 Å². The monoisotopic (exact) mass is 253 g/mol. The second kappa shape index (κ2) is 4.71. The molecular formula is C11H12ClN3O2. The van der Waals surface area contributed by atoms with Crippen LogP contribution in [-0.2, 0) is 4.79 Å². The highest BCUT2D eigenvalue weighted by molar-refractivity contribution is 6.33. The summed E-state index contributed by atoms with van der Waals surface area (Å²) in [6, 6.07) is 1.56. The fraction of sp³-hybridized carbons (Fsp3) is 0.364. The summed E-state index contributed by atoms with van der Waals surface area (Å²) in [5.41, 5.74) is 0.339. The Hall–Kier alpha value is -1.62. The number of hydrogen-bond donors (Lipinski definition) is 0. The third-order valence-electron chi connectivity index (χ3n) is 2.74. The predicted octanol–water partition coefficient (Wildman–Crippen LogP) is 0.649. The molecule has 6 heteroatoms. The van der Waals surface area contributed by atoms with Gasteiger partial charge in [-0.25, -0.2) is 0 Å². The second-order valence-corrected chi connectivity index (χ2v) is 4.30. The van der Waals surface area contributed by atoms with Crippen LogP contribution in [0.5, 0.6) is 0 Å². The Balaban J connectivity index is 2.16. The zero-order valence-electron chi connectivity index (χ0n) is 9.39. The molecule has 1 saturated heterocycles. The minimum Gasteiger partial charge on any atom is -0.342 e. The number of carbonyl (C=O) groups is 2. The number of halogens is 1. The minimum absolute atomic E-state index is 0.0652. The molecule has 0 spiro atoms. The van der Waals surface area contributed by atoms with Crippen molar-refractivity contribution in [3.63, 3.8) is 0 Å². The topological polar surface area (TPSA) is 53.5 Å². The lowest BCUT2D eigenvalue weighted by molar-refractivity contribution is -0.133. The average molecular weight is 254 g/mol. The molecule has 2 rings (SSSR count). The highest BCUT2D eigenvalue weighted by Gasteiger charge is 2.26. The lowest BCUT2D eigenvalue weighted by atomic mass is 10.2. The Labute approximate surface area is 104 Å². The van der Waals surface area contributed by atoms with E-state index >= 15 is 0 Å². The van der Waals surface area contributed by atoms with Gasteiger partial charge in [0.25, 0.3) is 5.91 Å². The summed E-state index contributed by atoms with van der Waals surface area (Å²) in [5.74, 6) is -0.311. The molecule has 2 heterocycles. The van der Waals surface area contributed by atoms with Crippen molar-refractivity contribution in [3.05, 3.63) is 29.0 Å². The van der Waals surface area contributed by atoms with E-state index in [0.29, 0.717) is 23.7 Å². The fourth-order valence-corrected chi connectivity index (χ4v) is 1.82. The Morgan fingerprint density at radius 1 is 1.47 bits per heavy atom. The van der Waals surface area contributed by atoms with Gasteiger partial charge in [0.15, 0.2) is 0 Å². The summed E-state index contributed by atoms with van der Waals surface area (Å²) in [6.45, 7) is 1.16. The van der Waals surface area contributed by atoms with Crippen molar-refractivity contribution in [2.45, 2.75) is 0 Å². The molecule has 1 aromatic heterocycles. The van der Waals surface area contributed by atoms with Gasteiger partial charge in [0.1, 0.15) is 6.54 Å². The van der Waals surface area contributed by atoms with Crippen molar-refractivity contribution in [1.29, 1.82) is 0 Å². The van der Waals surface area contributed by atoms with Gasteiger partial charge in [0, 0.05) is 32.5 Å². The van der Waals surface area contributed by atoms with Gasteiger partial charge in [-0.05, 0) is 6.07 Å². The summed E-state index contributed by atoms with van der Waals surface area (Å²) >= 11 is 5.92. The van der Waals surface area contributed by atoms with E-state index < -0.39 is 0 Å². The number of aromatic nitrogens is 1. The first-order chi connectivity index (χ1) is 8.09. The highest BCUT2D eigenvalue weighted by atomic mass is 35.5. The van der Waals surface area contributed by atoms with E-state index in [1.165, 1.54) is 17.3 Å². The maximum absolute atomic E-state index is 12.1. The summed E-state index contributed by atoms with van der Waals surface area (Å²) < 4.78 is 0. The van der Waals surface area contributed by atoms with Crippen LogP contribution in [0.15, 0.2) is 18.5 Å². The van der Waals surface area contributed by atoms with E-state index in [9.17, 15) is 9.59 Å². The van der Waals surface area contributed by atoms with Crippen molar-refractivity contribution in [1.82, 2.24) is 14.8 Å². The molecule has 0 saturated carbocycles. The molecule has 1 fully saturated rings. The van der Waals surface area contributed by atoms with Crippen molar-refractivity contribution in [2.75, 3.05) is 26.7 Å². The van der Waals surface area contributed by atoms with Crippen LogP contribution in [0, 0.1) is 0 Å². The number of rotatable bonds is 1. The summed E-state index contributed by atoms with van der Waals surface area (Å²) in [4.78, 5) is 30.6. The SMILES string of the molecule is CN1CCN(C(=O)c2cnccc2Cl)CC1=O. The molecule has 0 bridgehead atoms. The van der Waals surface area contributed by atoms with Gasteiger partial charge in [-0.2, -0.15) is 0 Å². The molecule has 1 aliphatic heterocycles. The number of likely N-dealkylation sites (N-methyl/N-ethyl adjacent to an activating group) is 1. The van der Waals surface area contributed by atoms with Crippen LogP contribution < -0.4 is 0 Å². The molecule has 1 aliphatic rings. The lowest BCUT2D eigenvalue weighted by Gasteiger charge is -2.32. The van der Waals surface area contributed by atoms with Crippen molar-refractivity contribution in [3.8, 4) is 0 Å². The van der Waals surface area contributed by atoms with E-state index in [1.807, 2.05) is 0 Å². The van der Waals surface area contributed by atoms with Crippen LogP contribution in [0.2, 0.25) is 5.02 Å². The molecule has 0 aromatic carbocycles. The van der Waals surface area contributed by atoms with Crippen molar-refractivity contribution >= 4 is 23.4 Å². The smallest absolute Gasteiger partial charge is 0.257 e. The number of nitrogens with zero attached hydrogens (tertiary/aromatic N) is 3. The molecular weight excluding hydrogens is 242 g/mol. The molecule has 90 valence electrons.